The molecule has 2 nitrogen and oxygen atoms in total. The molecule has 0 saturated heterocycles. The second-order valence-electron chi connectivity index (χ2n) is 2.68. The second-order valence-corrected chi connectivity index (χ2v) is 3.53. The number of aromatic nitrogens is 2. The standard InChI is InChI=1S/C9H10N2S/c1-11-6-8(12-2)7-4-3-5-10-9(7)11/h3-6H,1-2H3. The Kier molecular flexibility index (Phi) is 1.81. The van der Waals surface area contributed by atoms with Crippen LogP contribution in [0.2, 0.25) is 0 Å². The van der Waals surface area contributed by atoms with Gasteiger partial charge in [-0.1, -0.05) is 0 Å². The summed E-state index contributed by atoms with van der Waals surface area (Å²) in [6, 6.07) is 4.08. The Bertz CT molecular complexity index is 406. The molecule has 2 rings (SSSR count). The van der Waals surface area contributed by atoms with Gasteiger partial charge in [0, 0.05) is 29.7 Å². The summed E-state index contributed by atoms with van der Waals surface area (Å²) in [4.78, 5) is 5.59. The minimum absolute atomic E-state index is 1.06. The number of hydrogen-bond donors (Lipinski definition) is 0. The summed E-state index contributed by atoms with van der Waals surface area (Å²) in [6.07, 6.45) is 6.02. The quantitative estimate of drug-likeness (QED) is 0.623. The summed E-state index contributed by atoms with van der Waals surface area (Å²) in [5.74, 6) is 0. The minimum atomic E-state index is 1.06. The second kappa shape index (κ2) is 2.83. The monoisotopic (exact) mass is 178 g/mol. The summed E-state index contributed by atoms with van der Waals surface area (Å²) in [6.45, 7) is 0. The molecule has 0 atom stereocenters. The summed E-state index contributed by atoms with van der Waals surface area (Å²) in [5.41, 5.74) is 1.06. The Morgan fingerprint density at radius 2 is 2.33 bits per heavy atom. The molecule has 0 aliphatic carbocycles. The van der Waals surface area contributed by atoms with Crippen LogP contribution in [0.4, 0.5) is 0 Å². The van der Waals surface area contributed by atoms with Gasteiger partial charge in [0.15, 0.2) is 0 Å². The number of hydrogen-bond acceptors (Lipinski definition) is 2. The van der Waals surface area contributed by atoms with Crippen molar-refractivity contribution in [2.45, 2.75) is 4.90 Å². The molecule has 0 radical (unpaired) electrons. The normalized spacial score (nSPS) is 10.8. The first-order chi connectivity index (χ1) is 5.83. The Hall–Kier alpha value is -0.960. The third-order valence-electron chi connectivity index (χ3n) is 1.92. The molecule has 0 aromatic carbocycles. The number of nitrogens with zero attached hydrogens (tertiary/aromatic N) is 2. The minimum Gasteiger partial charge on any atom is -0.334 e. The highest BCUT2D eigenvalue weighted by molar-refractivity contribution is 7.98. The van der Waals surface area contributed by atoms with Crippen LogP contribution in [0.15, 0.2) is 29.4 Å². The van der Waals surface area contributed by atoms with Gasteiger partial charge in [0.05, 0.1) is 0 Å². The summed E-state index contributed by atoms with van der Waals surface area (Å²) < 4.78 is 2.06. The molecule has 0 saturated carbocycles. The fourth-order valence-electron chi connectivity index (χ4n) is 1.34. The van der Waals surface area contributed by atoms with E-state index in [0.29, 0.717) is 0 Å². The lowest BCUT2D eigenvalue weighted by Crippen LogP contribution is -1.85. The van der Waals surface area contributed by atoms with Crippen molar-refractivity contribution in [2.24, 2.45) is 7.05 Å². The number of pyridine rings is 1. The van der Waals surface area contributed by atoms with Crippen molar-refractivity contribution in [3.05, 3.63) is 24.5 Å². The first-order valence-corrected chi connectivity index (χ1v) is 4.99. The molecule has 12 heavy (non-hydrogen) atoms. The molecular formula is C9H10N2S. The molecule has 0 aliphatic rings. The highest BCUT2D eigenvalue weighted by Crippen LogP contribution is 2.25. The first kappa shape index (κ1) is 7.68. The molecule has 0 amide bonds. The Labute approximate surface area is 75.6 Å². The van der Waals surface area contributed by atoms with Crippen LogP contribution in [0.25, 0.3) is 11.0 Å². The van der Waals surface area contributed by atoms with Gasteiger partial charge in [0.2, 0.25) is 0 Å². The van der Waals surface area contributed by atoms with Crippen molar-refractivity contribution >= 4 is 22.8 Å². The Balaban J connectivity index is 2.82. The van der Waals surface area contributed by atoms with E-state index in [9.17, 15) is 0 Å². The zero-order valence-electron chi connectivity index (χ0n) is 7.11. The van der Waals surface area contributed by atoms with Gasteiger partial charge in [-0.3, -0.25) is 0 Å². The molecule has 0 N–H and O–H groups in total. The predicted molar refractivity (Wildman–Crippen MR) is 52.5 cm³/mol. The van der Waals surface area contributed by atoms with Crippen molar-refractivity contribution in [3.8, 4) is 0 Å². The summed E-state index contributed by atoms with van der Waals surface area (Å²) in [5, 5.41) is 1.24. The maximum Gasteiger partial charge on any atom is 0.140 e. The highest BCUT2D eigenvalue weighted by atomic mass is 32.2. The number of rotatable bonds is 1. The van der Waals surface area contributed by atoms with E-state index in [4.69, 9.17) is 0 Å². The zero-order valence-corrected chi connectivity index (χ0v) is 7.93. The predicted octanol–water partition coefficient (Wildman–Crippen LogP) is 2.30. The first-order valence-electron chi connectivity index (χ1n) is 3.77. The number of thioether (sulfide) groups is 1. The van der Waals surface area contributed by atoms with E-state index in [0.717, 1.165) is 5.65 Å². The summed E-state index contributed by atoms with van der Waals surface area (Å²) >= 11 is 1.76. The van der Waals surface area contributed by atoms with Crippen molar-refractivity contribution in [1.82, 2.24) is 9.55 Å². The Morgan fingerprint density at radius 3 is 3.08 bits per heavy atom. The van der Waals surface area contributed by atoms with Gasteiger partial charge >= 0.3 is 0 Å². The van der Waals surface area contributed by atoms with E-state index in [1.807, 2.05) is 19.3 Å². The topological polar surface area (TPSA) is 17.8 Å². The fourth-order valence-corrected chi connectivity index (χ4v) is 1.98. The molecule has 0 spiro atoms. The maximum atomic E-state index is 4.30. The van der Waals surface area contributed by atoms with Gasteiger partial charge < -0.3 is 4.57 Å². The SMILES string of the molecule is CSc1cn(C)c2ncccc12. The largest absolute Gasteiger partial charge is 0.334 e. The van der Waals surface area contributed by atoms with Crippen LogP contribution in [0.1, 0.15) is 0 Å². The lowest BCUT2D eigenvalue weighted by molar-refractivity contribution is 0.939. The van der Waals surface area contributed by atoms with Gasteiger partial charge in [0.1, 0.15) is 5.65 Å². The van der Waals surface area contributed by atoms with Crippen LogP contribution in [-0.2, 0) is 7.05 Å². The van der Waals surface area contributed by atoms with E-state index in [-0.39, 0.29) is 0 Å². The molecule has 0 aliphatic heterocycles. The van der Waals surface area contributed by atoms with Crippen molar-refractivity contribution in [3.63, 3.8) is 0 Å². The van der Waals surface area contributed by atoms with Crippen LogP contribution < -0.4 is 0 Å². The molecule has 0 unspecified atom stereocenters. The molecular weight excluding hydrogens is 168 g/mol. The zero-order chi connectivity index (χ0) is 8.55. The summed E-state index contributed by atoms with van der Waals surface area (Å²) in [7, 11) is 2.02. The molecule has 2 aromatic heterocycles. The van der Waals surface area contributed by atoms with E-state index < -0.39 is 0 Å². The van der Waals surface area contributed by atoms with E-state index in [1.54, 1.807) is 11.8 Å². The fraction of sp³-hybridized carbons (Fsp3) is 0.222. The molecule has 2 aromatic rings. The van der Waals surface area contributed by atoms with Gasteiger partial charge in [-0.15, -0.1) is 11.8 Å². The molecule has 62 valence electrons. The van der Waals surface area contributed by atoms with Crippen molar-refractivity contribution in [1.29, 1.82) is 0 Å². The van der Waals surface area contributed by atoms with Crippen molar-refractivity contribution in [2.75, 3.05) is 6.26 Å². The third kappa shape index (κ3) is 1.01. The number of aryl methyl sites for hydroxylation is 1. The van der Waals surface area contributed by atoms with Gasteiger partial charge in [-0.2, -0.15) is 0 Å². The van der Waals surface area contributed by atoms with Gasteiger partial charge in [0.25, 0.3) is 0 Å². The van der Waals surface area contributed by atoms with Crippen molar-refractivity contribution < 1.29 is 0 Å². The van der Waals surface area contributed by atoms with Crippen LogP contribution in [0.5, 0.6) is 0 Å². The average molecular weight is 178 g/mol. The van der Waals surface area contributed by atoms with E-state index in [1.165, 1.54) is 10.3 Å². The van der Waals surface area contributed by atoms with E-state index in [2.05, 4.69) is 28.1 Å². The van der Waals surface area contributed by atoms with Crippen LogP contribution in [-0.4, -0.2) is 15.8 Å². The number of fused-ring (bicyclic) bond motifs is 1. The molecule has 0 bridgehead atoms. The van der Waals surface area contributed by atoms with Gasteiger partial charge in [-0.05, 0) is 18.4 Å². The molecule has 0 fully saturated rings. The smallest absolute Gasteiger partial charge is 0.140 e. The lowest BCUT2D eigenvalue weighted by Gasteiger charge is -1.91. The van der Waals surface area contributed by atoms with Crippen LogP contribution in [0.3, 0.4) is 0 Å². The Morgan fingerprint density at radius 1 is 1.50 bits per heavy atom. The molecule has 3 heteroatoms. The van der Waals surface area contributed by atoms with Crippen LogP contribution >= 0.6 is 11.8 Å². The maximum absolute atomic E-state index is 4.30. The lowest BCUT2D eigenvalue weighted by atomic mass is 10.3. The molecule has 2 heterocycles. The van der Waals surface area contributed by atoms with Crippen LogP contribution in [0, 0.1) is 0 Å². The van der Waals surface area contributed by atoms with Gasteiger partial charge in [-0.25, -0.2) is 4.98 Å². The average Bonchev–Trinajstić information content (AvgIpc) is 2.44. The highest BCUT2D eigenvalue weighted by Gasteiger charge is 2.04. The third-order valence-corrected chi connectivity index (χ3v) is 2.68. The van der Waals surface area contributed by atoms with E-state index >= 15 is 0 Å².